The van der Waals surface area contributed by atoms with Crippen molar-refractivity contribution in [3.8, 4) is 5.75 Å². The zero-order valence-corrected chi connectivity index (χ0v) is 22.5. The zero-order chi connectivity index (χ0) is 28.5. The maximum Gasteiger partial charge on any atom is 0.243 e. The van der Waals surface area contributed by atoms with Crippen molar-refractivity contribution in [1.82, 2.24) is 16.0 Å². The summed E-state index contributed by atoms with van der Waals surface area (Å²) in [4.78, 5) is 46.6. The molecule has 2 aromatic carbocycles. The molecule has 0 saturated heterocycles. The molecule has 2 rings (SSSR count). The van der Waals surface area contributed by atoms with E-state index in [0.29, 0.717) is 23.4 Å². The highest BCUT2D eigenvalue weighted by Crippen LogP contribution is 2.22. The summed E-state index contributed by atoms with van der Waals surface area (Å²) in [5.41, 5.74) is 2.05. The normalized spacial score (nSPS) is 12.3. The lowest BCUT2D eigenvalue weighted by molar-refractivity contribution is -0.253. The molecular formula is C28H39N3O8. The van der Waals surface area contributed by atoms with E-state index in [9.17, 15) is 14.4 Å². The lowest BCUT2D eigenvalue weighted by atomic mass is 10.0. The predicted molar refractivity (Wildman–Crippen MR) is 144 cm³/mol. The van der Waals surface area contributed by atoms with Gasteiger partial charge in [0, 0.05) is 31.9 Å². The van der Waals surface area contributed by atoms with Gasteiger partial charge in [-0.15, -0.1) is 0 Å². The first kappa shape index (κ1) is 31.7. The molecule has 3 amide bonds. The monoisotopic (exact) mass is 545 g/mol. The number of ether oxygens (including phenoxy) is 1. The summed E-state index contributed by atoms with van der Waals surface area (Å²) in [7, 11) is 0. The summed E-state index contributed by atoms with van der Waals surface area (Å²) in [6.07, 6.45) is 3.18. The Morgan fingerprint density at radius 3 is 2.23 bits per heavy atom. The van der Waals surface area contributed by atoms with E-state index in [2.05, 4.69) is 32.6 Å². The second-order valence-electron chi connectivity index (χ2n) is 9.10. The van der Waals surface area contributed by atoms with E-state index >= 15 is 0 Å². The van der Waals surface area contributed by atoms with E-state index in [0.717, 1.165) is 24.8 Å². The third-order valence-electron chi connectivity index (χ3n) is 5.91. The summed E-state index contributed by atoms with van der Waals surface area (Å²) in [6.45, 7) is 3.72. The Balaban J connectivity index is 2.24. The summed E-state index contributed by atoms with van der Waals surface area (Å²) in [6, 6.07) is 12.6. The molecule has 0 aliphatic rings. The molecule has 0 spiro atoms. The molecule has 39 heavy (non-hydrogen) atoms. The van der Waals surface area contributed by atoms with Crippen molar-refractivity contribution in [3.63, 3.8) is 0 Å². The van der Waals surface area contributed by atoms with Crippen molar-refractivity contribution in [2.75, 3.05) is 19.8 Å². The highest BCUT2D eigenvalue weighted by Gasteiger charge is 2.27. The Kier molecular flexibility index (Phi) is 14.6. The minimum atomic E-state index is -0.927. The summed E-state index contributed by atoms with van der Waals surface area (Å²) in [5.74, 6) is -0.780. The Labute approximate surface area is 228 Å². The van der Waals surface area contributed by atoms with Gasteiger partial charge in [0.15, 0.2) is 0 Å². The Hall–Kier alpha value is -3.51. The minimum Gasteiger partial charge on any atom is -0.491 e. The van der Waals surface area contributed by atoms with Crippen LogP contribution in [0.3, 0.4) is 0 Å². The van der Waals surface area contributed by atoms with Crippen molar-refractivity contribution >= 4 is 17.7 Å². The molecular weight excluding hydrogens is 506 g/mol. The Morgan fingerprint density at radius 1 is 0.846 bits per heavy atom. The van der Waals surface area contributed by atoms with E-state index < -0.39 is 18.0 Å². The fraction of sp³-hybridized carbons (Fsp3) is 0.464. The Morgan fingerprint density at radius 2 is 1.56 bits per heavy atom. The number of carbonyl (C=O) groups excluding carboxylic acids is 3. The van der Waals surface area contributed by atoms with Gasteiger partial charge in [-0.2, -0.15) is 0 Å². The lowest BCUT2D eigenvalue weighted by Crippen LogP contribution is -2.55. The fourth-order valence-electron chi connectivity index (χ4n) is 4.00. The molecule has 11 nitrogen and oxygen atoms in total. The van der Waals surface area contributed by atoms with Crippen LogP contribution in [0.15, 0.2) is 48.5 Å². The van der Waals surface area contributed by atoms with Gasteiger partial charge in [0.25, 0.3) is 0 Å². The van der Waals surface area contributed by atoms with E-state index in [1.807, 2.05) is 30.3 Å². The first-order valence-corrected chi connectivity index (χ1v) is 13.0. The average Bonchev–Trinajstić information content (AvgIpc) is 2.92. The largest absolute Gasteiger partial charge is 0.491 e. The second kappa shape index (κ2) is 17.9. The maximum atomic E-state index is 13.3. The van der Waals surface area contributed by atoms with Gasteiger partial charge in [0.1, 0.15) is 37.7 Å². The first-order chi connectivity index (χ1) is 18.9. The van der Waals surface area contributed by atoms with Crippen LogP contribution in [0.2, 0.25) is 0 Å². The molecule has 2 unspecified atom stereocenters. The standard InChI is InChI=1S/C28H39N3O8/c1-3-4-8-13-29-27(33)24(18-22-11-12-26(37-14-15-38-35)23(16-22)19-39-36)31-28(34)25(30-20(2)32)17-21-9-6-5-7-10-21/h5-7,9-12,16,24-25,35-36H,3-4,8,13-15,17-19H2,1-2H3,(H,29,33)(H,30,32)(H,31,34). The molecule has 214 valence electrons. The number of rotatable bonds is 18. The molecule has 0 aliphatic carbocycles. The van der Waals surface area contributed by atoms with Crippen LogP contribution in [0.25, 0.3) is 0 Å². The average molecular weight is 546 g/mol. The SMILES string of the molecule is CCCCCNC(=O)C(Cc1ccc(OCCOO)c(COO)c1)NC(=O)C(Cc1ccccc1)NC(C)=O. The van der Waals surface area contributed by atoms with E-state index in [1.165, 1.54) is 6.92 Å². The quantitative estimate of drug-likeness (QED) is 0.109. The number of unbranched alkanes of at least 4 members (excludes halogenated alkanes) is 2. The summed E-state index contributed by atoms with van der Waals surface area (Å²) >= 11 is 0. The number of amides is 3. The summed E-state index contributed by atoms with van der Waals surface area (Å²) in [5, 5.41) is 25.9. The van der Waals surface area contributed by atoms with Crippen molar-refractivity contribution < 1.29 is 39.4 Å². The van der Waals surface area contributed by atoms with E-state index in [4.69, 9.17) is 15.3 Å². The molecule has 11 heteroatoms. The first-order valence-electron chi connectivity index (χ1n) is 13.0. The van der Waals surface area contributed by atoms with Gasteiger partial charge in [0.05, 0.1) is 0 Å². The molecule has 0 bridgehead atoms. The van der Waals surface area contributed by atoms with Gasteiger partial charge >= 0.3 is 0 Å². The van der Waals surface area contributed by atoms with Crippen LogP contribution in [-0.4, -0.2) is 60.1 Å². The van der Waals surface area contributed by atoms with Crippen molar-refractivity contribution in [3.05, 3.63) is 65.2 Å². The minimum absolute atomic E-state index is 0.0497. The molecule has 0 fully saturated rings. The molecule has 5 N–H and O–H groups in total. The molecule has 2 atom stereocenters. The van der Waals surface area contributed by atoms with Gasteiger partial charge in [0.2, 0.25) is 17.7 Å². The topological polar surface area (TPSA) is 155 Å². The number of hydrogen-bond acceptors (Lipinski definition) is 8. The van der Waals surface area contributed by atoms with Crippen LogP contribution in [0.5, 0.6) is 5.75 Å². The third kappa shape index (κ3) is 11.8. The van der Waals surface area contributed by atoms with Crippen LogP contribution in [0, 0.1) is 0 Å². The van der Waals surface area contributed by atoms with Crippen molar-refractivity contribution in [2.45, 2.75) is 64.6 Å². The van der Waals surface area contributed by atoms with Gasteiger partial charge in [-0.1, -0.05) is 56.2 Å². The van der Waals surface area contributed by atoms with Crippen molar-refractivity contribution in [1.29, 1.82) is 0 Å². The number of benzene rings is 2. The van der Waals surface area contributed by atoms with Gasteiger partial charge in [-0.25, -0.2) is 9.78 Å². The molecule has 0 heterocycles. The van der Waals surface area contributed by atoms with Gasteiger partial charge < -0.3 is 20.7 Å². The summed E-state index contributed by atoms with van der Waals surface area (Å²) < 4.78 is 5.54. The van der Waals surface area contributed by atoms with Crippen LogP contribution in [0.4, 0.5) is 0 Å². The van der Waals surface area contributed by atoms with Gasteiger partial charge in [-0.05, 0) is 29.7 Å². The fourth-order valence-corrected chi connectivity index (χ4v) is 4.00. The number of carbonyl (C=O) groups is 3. The van der Waals surface area contributed by atoms with E-state index in [1.54, 1.807) is 18.2 Å². The highest BCUT2D eigenvalue weighted by molar-refractivity contribution is 5.92. The van der Waals surface area contributed by atoms with Gasteiger partial charge in [-0.3, -0.25) is 24.9 Å². The zero-order valence-electron chi connectivity index (χ0n) is 22.5. The molecule has 0 aromatic heterocycles. The maximum absolute atomic E-state index is 13.3. The second-order valence-corrected chi connectivity index (χ2v) is 9.10. The van der Waals surface area contributed by atoms with Crippen LogP contribution in [0.1, 0.15) is 49.8 Å². The molecule has 0 radical (unpaired) electrons. The van der Waals surface area contributed by atoms with E-state index in [-0.39, 0.29) is 44.5 Å². The molecule has 2 aromatic rings. The van der Waals surface area contributed by atoms with Crippen LogP contribution < -0.4 is 20.7 Å². The lowest BCUT2D eigenvalue weighted by Gasteiger charge is -2.23. The number of nitrogens with one attached hydrogen (secondary N) is 3. The number of hydrogen-bond donors (Lipinski definition) is 5. The highest BCUT2D eigenvalue weighted by atomic mass is 17.1. The third-order valence-corrected chi connectivity index (χ3v) is 5.91. The van der Waals surface area contributed by atoms with Crippen LogP contribution >= 0.6 is 0 Å². The molecule has 0 aliphatic heterocycles. The van der Waals surface area contributed by atoms with Crippen LogP contribution in [-0.2, 0) is 43.6 Å². The Bertz CT molecular complexity index is 1030. The smallest absolute Gasteiger partial charge is 0.243 e. The predicted octanol–water partition coefficient (Wildman–Crippen LogP) is 2.63. The van der Waals surface area contributed by atoms with Crippen molar-refractivity contribution in [2.24, 2.45) is 0 Å². The molecule has 0 saturated carbocycles.